The third-order valence-electron chi connectivity index (χ3n) is 3.38. The predicted molar refractivity (Wildman–Crippen MR) is 74.4 cm³/mol. The van der Waals surface area contributed by atoms with Crippen molar-refractivity contribution in [3.8, 4) is 0 Å². The summed E-state index contributed by atoms with van der Waals surface area (Å²) in [5.41, 5.74) is 6.93. The molecule has 0 saturated carbocycles. The number of hydrogen-bond acceptors (Lipinski definition) is 4. The molecule has 0 bridgehead atoms. The quantitative estimate of drug-likeness (QED) is 0.856. The number of amides is 1. The highest BCUT2D eigenvalue weighted by molar-refractivity contribution is 5.76. The van der Waals surface area contributed by atoms with Gasteiger partial charge in [-0.25, -0.2) is 0 Å². The molecule has 2 N–H and O–H groups in total. The van der Waals surface area contributed by atoms with Crippen LogP contribution >= 0.6 is 0 Å². The normalized spacial score (nSPS) is 18.3. The maximum absolute atomic E-state index is 11.9. The molecule has 0 spiro atoms. The van der Waals surface area contributed by atoms with E-state index in [1.165, 1.54) is 5.56 Å². The summed E-state index contributed by atoms with van der Waals surface area (Å²) < 4.78 is 0. The van der Waals surface area contributed by atoms with Gasteiger partial charge in [-0.05, 0) is 24.6 Å². The Morgan fingerprint density at radius 3 is 2.53 bits per heavy atom. The first-order valence-corrected chi connectivity index (χ1v) is 6.80. The van der Waals surface area contributed by atoms with Crippen molar-refractivity contribution in [3.63, 3.8) is 0 Å². The third kappa shape index (κ3) is 4.29. The average molecular weight is 262 g/mol. The van der Waals surface area contributed by atoms with Crippen LogP contribution in [0.3, 0.4) is 0 Å². The molecule has 5 nitrogen and oxygen atoms in total. The number of aromatic nitrogens is 1. The zero-order valence-corrected chi connectivity index (χ0v) is 11.5. The largest absolute Gasteiger partial charge is 0.340 e. The third-order valence-corrected chi connectivity index (χ3v) is 3.38. The van der Waals surface area contributed by atoms with Gasteiger partial charge in [0.1, 0.15) is 0 Å². The van der Waals surface area contributed by atoms with Crippen molar-refractivity contribution < 1.29 is 4.79 Å². The lowest BCUT2D eigenvalue weighted by atomic mass is 10.2. The molecule has 2 heterocycles. The van der Waals surface area contributed by atoms with Crippen molar-refractivity contribution in [1.82, 2.24) is 14.8 Å². The first-order valence-electron chi connectivity index (χ1n) is 6.80. The Balaban J connectivity index is 1.78. The fourth-order valence-corrected chi connectivity index (χ4v) is 2.31. The predicted octanol–water partition coefficient (Wildman–Crippen LogP) is 0.463. The Bertz CT molecular complexity index is 399. The SMILES string of the molecule is CC(N)CC(=O)N1CCN(Cc2ccncc2)CC1. The van der Waals surface area contributed by atoms with Gasteiger partial charge >= 0.3 is 0 Å². The Morgan fingerprint density at radius 1 is 1.32 bits per heavy atom. The summed E-state index contributed by atoms with van der Waals surface area (Å²) in [6, 6.07) is 4.02. The van der Waals surface area contributed by atoms with Gasteiger partial charge in [-0.15, -0.1) is 0 Å². The highest BCUT2D eigenvalue weighted by Crippen LogP contribution is 2.09. The number of carbonyl (C=O) groups is 1. The second kappa shape index (κ2) is 6.63. The highest BCUT2D eigenvalue weighted by Gasteiger charge is 2.21. The molecular formula is C14H22N4O. The summed E-state index contributed by atoms with van der Waals surface area (Å²) >= 11 is 0. The smallest absolute Gasteiger partial charge is 0.224 e. The Hall–Kier alpha value is -1.46. The van der Waals surface area contributed by atoms with E-state index in [9.17, 15) is 4.79 Å². The molecule has 0 radical (unpaired) electrons. The van der Waals surface area contributed by atoms with Gasteiger partial charge < -0.3 is 10.6 Å². The van der Waals surface area contributed by atoms with E-state index in [0.29, 0.717) is 6.42 Å². The molecule has 1 aliphatic heterocycles. The van der Waals surface area contributed by atoms with Gasteiger partial charge in [0.2, 0.25) is 5.91 Å². The standard InChI is InChI=1S/C14H22N4O/c1-12(15)10-14(19)18-8-6-17(7-9-18)11-13-2-4-16-5-3-13/h2-5,12H,6-11,15H2,1H3. The van der Waals surface area contributed by atoms with Crippen LogP contribution in [0.2, 0.25) is 0 Å². The van der Waals surface area contributed by atoms with Gasteiger partial charge in [0.05, 0.1) is 0 Å². The fourth-order valence-electron chi connectivity index (χ4n) is 2.31. The van der Waals surface area contributed by atoms with Crippen molar-refractivity contribution >= 4 is 5.91 Å². The molecule has 2 rings (SSSR count). The van der Waals surface area contributed by atoms with Crippen molar-refractivity contribution in [2.24, 2.45) is 5.73 Å². The van der Waals surface area contributed by atoms with Crippen molar-refractivity contribution in [1.29, 1.82) is 0 Å². The number of hydrogen-bond donors (Lipinski definition) is 1. The summed E-state index contributed by atoms with van der Waals surface area (Å²) in [5, 5.41) is 0. The van der Waals surface area contributed by atoms with E-state index in [0.717, 1.165) is 32.7 Å². The maximum Gasteiger partial charge on any atom is 0.224 e. The van der Waals surface area contributed by atoms with Crippen LogP contribution in [0.5, 0.6) is 0 Å². The van der Waals surface area contributed by atoms with E-state index in [1.54, 1.807) is 0 Å². The number of carbonyl (C=O) groups excluding carboxylic acids is 1. The Kier molecular flexibility index (Phi) is 4.87. The first-order chi connectivity index (χ1) is 9.15. The maximum atomic E-state index is 11.9. The number of nitrogens with two attached hydrogens (primary N) is 1. The molecule has 1 aromatic heterocycles. The minimum atomic E-state index is -0.0534. The zero-order chi connectivity index (χ0) is 13.7. The minimum absolute atomic E-state index is 0.0534. The van der Waals surface area contributed by atoms with Gasteiger partial charge in [-0.1, -0.05) is 0 Å². The molecular weight excluding hydrogens is 240 g/mol. The Labute approximate surface area is 114 Å². The van der Waals surface area contributed by atoms with E-state index >= 15 is 0 Å². The molecule has 5 heteroatoms. The molecule has 104 valence electrons. The number of nitrogens with zero attached hydrogens (tertiary/aromatic N) is 3. The van der Waals surface area contributed by atoms with Gasteiger partial charge in [0.15, 0.2) is 0 Å². The van der Waals surface area contributed by atoms with Crippen molar-refractivity contribution in [2.75, 3.05) is 26.2 Å². The molecule has 1 unspecified atom stereocenters. The summed E-state index contributed by atoms with van der Waals surface area (Å²) in [6.45, 7) is 6.25. The second-order valence-electron chi connectivity index (χ2n) is 5.19. The van der Waals surface area contributed by atoms with Gasteiger partial charge in [0, 0.05) is 57.6 Å². The molecule has 1 aromatic rings. The van der Waals surface area contributed by atoms with Crippen LogP contribution in [0.4, 0.5) is 0 Å². The summed E-state index contributed by atoms with van der Waals surface area (Å²) in [4.78, 5) is 20.2. The van der Waals surface area contributed by atoms with Crippen LogP contribution in [-0.4, -0.2) is 52.9 Å². The van der Waals surface area contributed by atoms with E-state index in [1.807, 2.05) is 36.4 Å². The Morgan fingerprint density at radius 2 is 1.95 bits per heavy atom. The number of pyridine rings is 1. The summed E-state index contributed by atoms with van der Waals surface area (Å²) in [6.07, 6.45) is 4.08. The fraction of sp³-hybridized carbons (Fsp3) is 0.571. The van der Waals surface area contributed by atoms with Crippen molar-refractivity contribution in [3.05, 3.63) is 30.1 Å². The van der Waals surface area contributed by atoms with Crippen LogP contribution in [0, 0.1) is 0 Å². The topological polar surface area (TPSA) is 62.5 Å². The first kappa shape index (κ1) is 14.0. The molecule has 1 aliphatic rings. The zero-order valence-electron chi connectivity index (χ0n) is 11.5. The molecule has 1 amide bonds. The lowest BCUT2D eigenvalue weighted by Gasteiger charge is -2.35. The summed E-state index contributed by atoms with van der Waals surface area (Å²) in [7, 11) is 0. The van der Waals surface area contributed by atoms with Crippen LogP contribution in [0.1, 0.15) is 18.9 Å². The molecule has 0 aromatic carbocycles. The second-order valence-corrected chi connectivity index (χ2v) is 5.19. The van der Waals surface area contributed by atoms with Crippen LogP contribution in [-0.2, 0) is 11.3 Å². The van der Waals surface area contributed by atoms with Crippen molar-refractivity contribution in [2.45, 2.75) is 25.9 Å². The average Bonchev–Trinajstić information content (AvgIpc) is 2.40. The lowest BCUT2D eigenvalue weighted by molar-refractivity contribution is -0.133. The number of piperazine rings is 1. The monoisotopic (exact) mass is 262 g/mol. The van der Waals surface area contributed by atoms with Crippen LogP contribution in [0.15, 0.2) is 24.5 Å². The molecule has 19 heavy (non-hydrogen) atoms. The van der Waals surface area contributed by atoms with Crippen LogP contribution in [0.25, 0.3) is 0 Å². The minimum Gasteiger partial charge on any atom is -0.340 e. The summed E-state index contributed by atoms with van der Waals surface area (Å²) in [5.74, 6) is 0.179. The van der Waals surface area contributed by atoms with Gasteiger partial charge in [-0.3, -0.25) is 14.7 Å². The molecule has 1 saturated heterocycles. The van der Waals surface area contributed by atoms with E-state index in [4.69, 9.17) is 5.73 Å². The lowest BCUT2D eigenvalue weighted by Crippen LogP contribution is -2.49. The van der Waals surface area contributed by atoms with E-state index in [2.05, 4.69) is 9.88 Å². The van der Waals surface area contributed by atoms with Gasteiger partial charge in [0.25, 0.3) is 0 Å². The van der Waals surface area contributed by atoms with E-state index < -0.39 is 0 Å². The van der Waals surface area contributed by atoms with E-state index in [-0.39, 0.29) is 11.9 Å². The highest BCUT2D eigenvalue weighted by atomic mass is 16.2. The molecule has 1 fully saturated rings. The molecule has 1 atom stereocenters. The van der Waals surface area contributed by atoms with Gasteiger partial charge in [-0.2, -0.15) is 0 Å². The van der Waals surface area contributed by atoms with Crippen LogP contribution < -0.4 is 5.73 Å². The number of rotatable bonds is 4. The molecule has 0 aliphatic carbocycles.